The number of aryl methyl sites for hydroxylation is 4. The molecule has 6 heteroatoms. The first-order valence-corrected chi connectivity index (χ1v) is 18.2. The summed E-state index contributed by atoms with van der Waals surface area (Å²) < 4.78 is 5.33. The maximum absolute atomic E-state index is 12.7. The first-order chi connectivity index (χ1) is 24.1. The topological polar surface area (TPSA) is 83.7 Å². The SMILES string of the molecule is C=CCOC(=O)c1ccc(-c2c3nc(cc4[nH]c(cc5[nH]c(cc6nc2C(C)=C6CC)c(CCC)c5C)c(C)c4CCC)C(CC)=C3C)cc1. The molecule has 6 rings (SSSR count). The van der Waals surface area contributed by atoms with Gasteiger partial charge in [-0.3, -0.25) is 0 Å². The van der Waals surface area contributed by atoms with Crippen molar-refractivity contribution in [2.75, 3.05) is 6.61 Å². The quantitative estimate of drug-likeness (QED) is 0.130. The van der Waals surface area contributed by atoms with E-state index < -0.39 is 0 Å². The summed E-state index contributed by atoms with van der Waals surface area (Å²) in [4.78, 5) is 31.2. The summed E-state index contributed by atoms with van der Waals surface area (Å²) in [5.74, 6) is -0.371. The van der Waals surface area contributed by atoms with Gasteiger partial charge in [0.1, 0.15) is 6.61 Å². The van der Waals surface area contributed by atoms with Crippen LogP contribution in [0.5, 0.6) is 0 Å². The lowest BCUT2D eigenvalue weighted by Crippen LogP contribution is -2.04. The molecule has 0 aliphatic carbocycles. The summed E-state index contributed by atoms with van der Waals surface area (Å²) in [7, 11) is 0. The van der Waals surface area contributed by atoms with Gasteiger partial charge in [0, 0.05) is 27.6 Å². The van der Waals surface area contributed by atoms with Gasteiger partial charge in [0.15, 0.2) is 0 Å². The van der Waals surface area contributed by atoms with Crippen LogP contribution in [0, 0.1) is 13.8 Å². The van der Waals surface area contributed by atoms with Gasteiger partial charge in [-0.2, -0.15) is 0 Å². The molecule has 0 fully saturated rings. The highest BCUT2D eigenvalue weighted by Crippen LogP contribution is 2.43. The van der Waals surface area contributed by atoms with E-state index in [9.17, 15) is 4.79 Å². The van der Waals surface area contributed by atoms with Gasteiger partial charge in [0.2, 0.25) is 0 Å². The normalized spacial score (nSPS) is 13.0. The van der Waals surface area contributed by atoms with Gasteiger partial charge in [0.25, 0.3) is 0 Å². The molecule has 0 saturated carbocycles. The Morgan fingerprint density at radius 1 is 0.720 bits per heavy atom. The molecule has 0 atom stereocenters. The largest absolute Gasteiger partial charge is 0.458 e. The van der Waals surface area contributed by atoms with Gasteiger partial charge >= 0.3 is 5.97 Å². The average Bonchev–Trinajstić information content (AvgIpc) is 3.78. The number of carbonyl (C=O) groups is 1. The minimum absolute atomic E-state index is 0.172. The van der Waals surface area contributed by atoms with Crippen molar-refractivity contribution in [2.24, 2.45) is 0 Å². The highest BCUT2D eigenvalue weighted by molar-refractivity contribution is 6.02. The maximum atomic E-state index is 12.7. The number of rotatable bonds is 10. The van der Waals surface area contributed by atoms with E-state index in [2.05, 4.69) is 90.1 Å². The summed E-state index contributed by atoms with van der Waals surface area (Å²) in [6.45, 7) is 21.6. The number of allylic oxidation sites excluding steroid dienone is 4. The molecule has 0 unspecified atom stereocenters. The summed E-state index contributed by atoms with van der Waals surface area (Å²) in [6.07, 6.45) is 7.36. The van der Waals surface area contributed by atoms with E-state index >= 15 is 0 Å². The van der Waals surface area contributed by atoms with Crippen LogP contribution in [-0.2, 0) is 17.6 Å². The number of aromatic nitrogens is 4. The minimum atomic E-state index is -0.371. The predicted molar refractivity (Wildman–Crippen MR) is 210 cm³/mol. The maximum Gasteiger partial charge on any atom is 0.338 e. The van der Waals surface area contributed by atoms with E-state index in [4.69, 9.17) is 14.7 Å². The van der Waals surface area contributed by atoms with E-state index in [1.807, 2.05) is 24.3 Å². The van der Waals surface area contributed by atoms with Gasteiger partial charge in [-0.1, -0.05) is 65.3 Å². The molecule has 4 aromatic rings. The van der Waals surface area contributed by atoms with E-state index in [1.165, 1.54) is 33.4 Å². The van der Waals surface area contributed by atoms with Crippen LogP contribution < -0.4 is 0 Å². The Balaban J connectivity index is 1.79. The molecule has 5 heterocycles. The zero-order chi connectivity index (χ0) is 35.7. The number of benzene rings is 1. The molecule has 2 aliphatic heterocycles. The van der Waals surface area contributed by atoms with Crippen molar-refractivity contribution in [3.63, 3.8) is 0 Å². The van der Waals surface area contributed by atoms with Crippen LogP contribution in [0.1, 0.15) is 123 Å². The van der Waals surface area contributed by atoms with Gasteiger partial charge in [0.05, 0.1) is 28.3 Å². The van der Waals surface area contributed by atoms with Crippen molar-refractivity contribution in [3.05, 3.63) is 106 Å². The number of ether oxygens (including phenoxy) is 1. The van der Waals surface area contributed by atoms with Crippen LogP contribution in [0.3, 0.4) is 0 Å². The van der Waals surface area contributed by atoms with Crippen molar-refractivity contribution in [1.29, 1.82) is 0 Å². The third-order valence-corrected chi connectivity index (χ3v) is 10.4. The molecule has 0 spiro atoms. The van der Waals surface area contributed by atoms with E-state index in [1.54, 1.807) is 6.08 Å². The highest BCUT2D eigenvalue weighted by Gasteiger charge is 2.26. The lowest BCUT2D eigenvalue weighted by molar-refractivity contribution is 0.0549. The minimum Gasteiger partial charge on any atom is -0.458 e. The average molecular weight is 667 g/mol. The lowest BCUT2D eigenvalue weighted by atomic mass is 9.93. The first-order valence-electron chi connectivity index (χ1n) is 18.2. The summed E-state index contributed by atoms with van der Waals surface area (Å²) in [6, 6.07) is 14.5. The molecule has 1 aromatic carbocycles. The molecular formula is C44H50N4O2. The second-order valence-corrected chi connectivity index (χ2v) is 13.5. The Kier molecular flexibility index (Phi) is 10.1. The fourth-order valence-corrected chi connectivity index (χ4v) is 7.66. The van der Waals surface area contributed by atoms with Crippen LogP contribution in [0.15, 0.2) is 55.1 Å². The molecule has 2 N–H and O–H groups in total. The predicted octanol–water partition coefficient (Wildman–Crippen LogP) is 11.5. The van der Waals surface area contributed by atoms with Gasteiger partial charge in [-0.05, 0) is 134 Å². The fraction of sp³-hybridized carbons (Fsp3) is 0.341. The molecule has 0 amide bonds. The molecular weight excluding hydrogens is 617 g/mol. The van der Waals surface area contributed by atoms with Crippen molar-refractivity contribution >= 4 is 50.3 Å². The zero-order valence-corrected chi connectivity index (χ0v) is 31.0. The van der Waals surface area contributed by atoms with Crippen LogP contribution in [-0.4, -0.2) is 32.5 Å². The Morgan fingerprint density at radius 3 is 1.62 bits per heavy atom. The number of carbonyl (C=O) groups excluding carboxylic acids is 1. The van der Waals surface area contributed by atoms with Crippen molar-refractivity contribution in [1.82, 2.24) is 19.9 Å². The van der Waals surface area contributed by atoms with Crippen molar-refractivity contribution in [2.45, 2.75) is 93.9 Å². The Hall–Kier alpha value is -4.97. The zero-order valence-electron chi connectivity index (χ0n) is 31.0. The van der Waals surface area contributed by atoms with Crippen LogP contribution >= 0.6 is 0 Å². The summed E-state index contributed by atoms with van der Waals surface area (Å²) in [5.41, 5.74) is 20.7. The van der Waals surface area contributed by atoms with Gasteiger partial charge < -0.3 is 14.7 Å². The van der Waals surface area contributed by atoms with Crippen LogP contribution in [0.2, 0.25) is 0 Å². The Morgan fingerprint density at radius 2 is 1.20 bits per heavy atom. The molecule has 258 valence electrons. The number of nitrogens with zero attached hydrogens (tertiary/aromatic N) is 2. The molecule has 3 aromatic heterocycles. The monoisotopic (exact) mass is 666 g/mol. The number of fused-ring (bicyclic) bond motifs is 8. The molecule has 8 bridgehead atoms. The number of hydrogen-bond donors (Lipinski definition) is 2. The van der Waals surface area contributed by atoms with Crippen LogP contribution in [0.4, 0.5) is 0 Å². The Bertz CT molecular complexity index is 2100. The number of H-pyrrole nitrogens is 2. The fourth-order valence-electron chi connectivity index (χ4n) is 7.66. The van der Waals surface area contributed by atoms with Gasteiger partial charge in [-0.15, -0.1) is 0 Å². The second kappa shape index (κ2) is 14.5. The van der Waals surface area contributed by atoms with E-state index in [0.717, 1.165) is 106 Å². The Labute approximate surface area is 296 Å². The lowest BCUT2D eigenvalue weighted by Gasteiger charge is -2.11. The van der Waals surface area contributed by atoms with E-state index in [0.29, 0.717) is 5.56 Å². The van der Waals surface area contributed by atoms with Crippen LogP contribution in [0.25, 0.3) is 55.5 Å². The molecule has 0 saturated heterocycles. The third kappa shape index (κ3) is 6.17. The molecule has 2 aliphatic rings. The van der Waals surface area contributed by atoms with Crippen molar-refractivity contribution in [3.8, 4) is 11.1 Å². The standard InChI is InChI=1S/C44H50N4O2/c1-10-15-33-25(6)35-22-36-26(7)34(16-11-2)40(46-36)24-38-32(14-5)28(9)43(48-38)41(29-17-19-30(20-18-29)44(49)50-21-12-3)42-27(8)31(13-4)37(47-42)23-39(33)45-35/h12,17-20,22-24,45-46H,3,10-11,13-16,21H2,1-2,4-9H3. The molecule has 50 heavy (non-hydrogen) atoms. The third-order valence-electron chi connectivity index (χ3n) is 10.4. The van der Waals surface area contributed by atoms with E-state index in [-0.39, 0.29) is 12.6 Å². The molecule has 0 radical (unpaired) electrons. The smallest absolute Gasteiger partial charge is 0.338 e. The van der Waals surface area contributed by atoms with Gasteiger partial charge in [-0.25, -0.2) is 14.8 Å². The number of esters is 1. The first kappa shape index (κ1) is 34.9. The highest BCUT2D eigenvalue weighted by atomic mass is 16.5. The second-order valence-electron chi connectivity index (χ2n) is 13.5. The molecule has 6 nitrogen and oxygen atoms in total. The number of hydrogen-bond acceptors (Lipinski definition) is 4. The summed E-state index contributed by atoms with van der Waals surface area (Å²) >= 11 is 0. The van der Waals surface area contributed by atoms with Crippen molar-refractivity contribution < 1.29 is 9.53 Å². The number of aromatic amines is 2. The number of nitrogens with one attached hydrogen (secondary N) is 2. The summed E-state index contributed by atoms with van der Waals surface area (Å²) in [5, 5.41) is 0.